The van der Waals surface area contributed by atoms with E-state index in [2.05, 4.69) is 21.8 Å². The van der Waals surface area contributed by atoms with Crippen molar-refractivity contribution in [1.82, 2.24) is 9.97 Å². The number of benzene rings is 1. The van der Waals surface area contributed by atoms with Crippen LogP contribution in [0.3, 0.4) is 0 Å². The third kappa shape index (κ3) is 3.47. The zero-order chi connectivity index (χ0) is 15.2. The highest BCUT2D eigenvalue weighted by molar-refractivity contribution is 5.84. The van der Waals surface area contributed by atoms with Crippen molar-refractivity contribution in [2.75, 3.05) is 37.8 Å². The zero-order valence-electron chi connectivity index (χ0n) is 13.1. The Labute approximate surface area is 131 Å². The van der Waals surface area contributed by atoms with E-state index in [1.807, 2.05) is 24.3 Å². The van der Waals surface area contributed by atoms with Crippen LogP contribution in [-0.2, 0) is 4.74 Å². The molecule has 0 amide bonds. The summed E-state index contributed by atoms with van der Waals surface area (Å²) in [6.07, 6.45) is 3.42. The summed E-state index contributed by atoms with van der Waals surface area (Å²) in [5, 5.41) is 0.982. The number of hydrogen-bond donors (Lipinski definition) is 0. The van der Waals surface area contributed by atoms with Gasteiger partial charge in [0.05, 0.1) is 30.7 Å². The summed E-state index contributed by atoms with van der Waals surface area (Å²) in [5.74, 6) is 1.44. The average molecular weight is 301 g/mol. The molecule has 22 heavy (non-hydrogen) atoms. The molecule has 0 saturated carbocycles. The van der Waals surface area contributed by atoms with E-state index in [4.69, 9.17) is 9.47 Å². The molecule has 1 saturated heterocycles. The summed E-state index contributed by atoms with van der Waals surface area (Å²) in [6, 6.07) is 8.03. The molecule has 118 valence electrons. The third-order valence-corrected chi connectivity index (χ3v) is 3.84. The number of para-hydroxylation sites is 1. The average Bonchev–Trinajstić information content (AvgIpc) is 2.59. The van der Waals surface area contributed by atoms with Crippen molar-refractivity contribution in [2.45, 2.75) is 26.2 Å². The van der Waals surface area contributed by atoms with Crippen molar-refractivity contribution in [3.05, 3.63) is 24.3 Å². The lowest BCUT2D eigenvalue weighted by atomic mass is 10.2. The minimum absolute atomic E-state index is 0.697. The predicted molar refractivity (Wildman–Crippen MR) is 87.6 cm³/mol. The number of morpholine rings is 1. The normalized spacial score (nSPS) is 15.2. The van der Waals surface area contributed by atoms with Gasteiger partial charge < -0.3 is 14.4 Å². The Morgan fingerprint density at radius 3 is 2.77 bits per heavy atom. The van der Waals surface area contributed by atoms with Crippen LogP contribution in [0.1, 0.15) is 26.2 Å². The molecule has 2 heterocycles. The van der Waals surface area contributed by atoms with Crippen LogP contribution in [0.2, 0.25) is 0 Å². The molecular weight excluding hydrogens is 278 g/mol. The van der Waals surface area contributed by atoms with Crippen LogP contribution in [0.15, 0.2) is 24.3 Å². The van der Waals surface area contributed by atoms with E-state index >= 15 is 0 Å². The van der Waals surface area contributed by atoms with Gasteiger partial charge in [0.1, 0.15) is 0 Å². The van der Waals surface area contributed by atoms with Crippen LogP contribution in [0.4, 0.5) is 5.95 Å². The number of rotatable bonds is 6. The molecule has 1 aliphatic rings. The highest BCUT2D eigenvalue weighted by Gasteiger charge is 2.17. The molecule has 0 spiro atoms. The van der Waals surface area contributed by atoms with E-state index in [1.165, 1.54) is 12.8 Å². The highest BCUT2D eigenvalue weighted by Crippen LogP contribution is 2.25. The number of ether oxygens (including phenoxy) is 2. The molecule has 1 aromatic heterocycles. The smallest absolute Gasteiger partial charge is 0.229 e. The van der Waals surface area contributed by atoms with Crippen molar-refractivity contribution in [2.24, 2.45) is 0 Å². The molecule has 2 aromatic rings. The lowest BCUT2D eigenvalue weighted by Crippen LogP contribution is -2.37. The van der Waals surface area contributed by atoms with Gasteiger partial charge in [0.25, 0.3) is 0 Å². The summed E-state index contributed by atoms with van der Waals surface area (Å²) in [5.41, 5.74) is 0.935. The van der Waals surface area contributed by atoms with Gasteiger partial charge >= 0.3 is 0 Å². The molecular formula is C17H23N3O2. The van der Waals surface area contributed by atoms with Gasteiger partial charge in [-0.25, -0.2) is 4.98 Å². The quantitative estimate of drug-likeness (QED) is 0.768. The molecule has 1 fully saturated rings. The van der Waals surface area contributed by atoms with Crippen molar-refractivity contribution < 1.29 is 9.47 Å². The Bertz CT molecular complexity index is 612. The molecule has 0 bridgehead atoms. The first-order valence-corrected chi connectivity index (χ1v) is 8.11. The predicted octanol–water partition coefficient (Wildman–Crippen LogP) is 3.04. The summed E-state index contributed by atoms with van der Waals surface area (Å²) in [7, 11) is 0. The Morgan fingerprint density at radius 1 is 1.14 bits per heavy atom. The van der Waals surface area contributed by atoms with Crippen LogP contribution in [-0.4, -0.2) is 42.9 Å². The molecule has 0 N–H and O–H groups in total. The van der Waals surface area contributed by atoms with Gasteiger partial charge in [-0.2, -0.15) is 4.98 Å². The topological polar surface area (TPSA) is 47.5 Å². The van der Waals surface area contributed by atoms with Crippen molar-refractivity contribution >= 4 is 16.9 Å². The largest absolute Gasteiger partial charge is 0.477 e. The molecule has 1 aromatic carbocycles. The molecule has 0 radical (unpaired) electrons. The first-order valence-electron chi connectivity index (χ1n) is 8.11. The lowest BCUT2D eigenvalue weighted by Gasteiger charge is -2.27. The van der Waals surface area contributed by atoms with Gasteiger partial charge in [0, 0.05) is 13.1 Å². The lowest BCUT2D eigenvalue weighted by molar-refractivity contribution is 0.122. The first-order chi connectivity index (χ1) is 10.9. The highest BCUT2D eigenvalue weighted by atomic mass is 16.5. The molecule has 3 rings (SSSR count). The van der Waals surface area contributed by atoms with Gasteiger partial charge in [0.15, 0.2) is 0 Å². The number of unbranched alkanes of at least 4 members (excludes halogenated alkanes) is 2. The third-order valence-electron chi connectivity index (χ3n) is 3.84. The van der Waals surface area contributed by atoms with E-state index < -0.39 is 0 Å². The van der Waals surface area contributed by atoms with E-state index in [0.29, 0.717) is 12.5 Å². The monoisotopic (exact) mass is 301 g/mol. The number of aromatic nitrogens is 2. The molecule has 0 unspecified atom stereocenters. The fraction of sp³-hybridized carbons (Fsp3) is 0.529. The van der Waals surface area contributed by atoms with Crippen molar-refractivity contribution in [3.8, 4) is 5.88 Å². The maximum absolute atomic E-state index is 5.94. The zero-order valence-corrected chi connectivity index (χ0v) is 13.1. The summed E-state index contributed by atoms with van der Waals surface area (Å²) in [6.45, 7) is 6.00. The standard InChI is InChI=1S/C17H23N3O2/c1-2-3-6-11-22-16-14-7-4-5-8-15(14)18-17(19-16)20-9-12-21-13-10-20/h4-5,7-8H,2-3,6,9-13H2,1H3. The Morgan fingerprint density at radius 2 is 1.95 bits per heavy atom. The second-order valence-corrected chi connectivity index (χ2v) is 5.50. The number of hydrogen-bond acceptors (Lipinski definition) is 5. The van der Waals surface area contributed by atoms with Crippen molar-refractivity contribution in [1.29, 1.82) is 0 Å². The molecule has 5 heteroatoms. The van der Waals surface area contributed by atoms with Crippen molar-refractivity contribution in [3.63, 3.8) is 0 Å². The van der Waals surface area contributed by atoms with Crippen LogP contribution < -0.4 is 9.64 Å². The van der Waals surface area contributed by atoms with Gasteiger partial charge in [-0.1, -0.05) is 31.9 Å². The Hall–Kier alpha value is -1.88. The second-order valence-electron chi connectivity index (χ2n) is 5.50. The van der Waals surface area contributed by atoms with Gasteiger partial charge in [-0.3, -0.25) is 0 Å². The summed E-state index contributed by atoms with van der Waals surface area (Å²) in [4.78, 5) is 11.5. The van der Waals surface area contributed by atoms with Gasteiger partial charge in [0.2, 0.25) is 11.8 Å². The SMILES string of the molecule is CCCCCOc1nc(N2CCOCC2)nc2ccccc12. The van der Waals surface area contributed by atoms with Crippen LogP contribution in [0.5, 0.6) is 5.88 Å². The maximum Gasteiger partial charge on any atom is 0.229 e. The fourth-order valence-electron chi connectivity index (χ4n) is 2.57. The van der Waals surface area contributed by atoms with Crippen LogP contribution >= 0.6 is 0 Å². The number of anilines is 1. The Balaban J connectivity index is 1.86. The summed E-state index contributed by atoms with van der Waals surface area (Å²) < 4.78 is 11.3. The molecule has 1 aliphatic heterocycles. The number of fused-ring (bicyclic) bond motifs is 1. The van der Waals surface area contributed by atoms with Gasteiger partial charge in [-0.05, 0) is 18.6 Å². The minimum Gasteiger partial charge on any atom is -0.477 e. The minimum atomic E-state index is 0.697. The van der Waals surface area contributed by atoms with E-state index in [-0.39, 0.29) is 0 Å². The van der Waals surface area contributed by atoms with E-state index in [9.17, 15) is 0 Å². The fourth-order valence-corrected chi connectivity index (χ4v) is 2.57. The molecule has 0 atom stereocenters. The first kappa shape index (κ1) is 15.0. The Kier molecular flexibility index (Phi) is 5.06. The summed E-state index contributed by atoms with van der Waals surface area (Å²) >= 11 is 0. The molecule has 5 nitrogen and oxygen atoms in total. The maximum atomic E-state index is 5.94. The molecule has 0 aliphatic carbocycles. The van der Waals surface area contributed by atoms with Gasteiger partial charge in [-0.15, -0.1) is 0 Å². The van der Waals surface area contributed by atoms with Crippen LogP contribution in [0.25, 0.3) is 10.9 Å². The van der Waals surface area contributed by atoms with E-state index in [0.717, 1.165) is 49.6 Å². The van der Waals surface area contributed by atoms with E-state index in [1.54, 1.807) is 0 Å². The van der Waals surface area contributed by atoms with Crippen LogP contribution in [0, 0.1) is 0 Å². The number of nitrogens with zero attached hydrogens (tertiary/aromatic N) is 3. The second kappa shape index (κ2) is 7.40.